The number of hydrogen-bond donors (Lipinski definition) is 0. The summed E-state index contributed by atoms with van der Waals surface area (Å²) in [6.45, 7) is 1.66. The van der Waals surface area contributed by atoms with Crippen LogP contribution in [0.2, 0.25) is 0 Å². The number of halogens is 2. The van der Waals surface area contributed by atoms with E-state index in [0.717, 1.165) is 23.3 Å². The predicted octanol–water partition coefficient (Wildman–Crippen LogP) is 4.46. The maximum atomic E-state index is 14.2. The average Bonchev–Trinajstić information content (AvgIpc) is 2.79. The Kier molecular flexibility index (Phi) is 5.57. The fraction of sp³-hybridized carbons (Fsp3) is 0.160. The molecular weight excluding hydrogens is 412 g/mol. The van der Waals surface area contributed by atoms with Gasteiger partial charge in [-0.05, 0) is 30.7 Å². The van der Waals surface area contributed by atoms with Crippen molar-refractivity contribution < 1.29 is 13.6 Å². The molecule has 0 saturated heterocycles. The van der Waals surface area contributed by atoms with E-state index in [1.165, 1.54) is 35.8 Å². The molecule has 0 bridgehead atoms. The van der Waals surface area contributed by atoms with Crippen LogP contribution in [0, 0.1) is 18.6 Å². The zero-order valence-electron chi connectivity index (χ0n) is 17.9. The molecule has 0 N–H and O–H groups in total. The topological polar surface area (TPSA) is 55.2 Å². The molecule has 0 saturated carbocycles. The molecule has 4 aromatic rings. The maximum Gasteiger partial charge on any atom is 0.277 e. The fourth-order valence-corrected chi connectivity index (χ4v) is 3.77. The maximum absolute atomic E-state index is 14.2. The van der Waals surface area contributed by atoms with Gasteiger partial charge in [0.1, 0.15) is 22.8 Å². The minimum Gasteiger partial charge on any atom is -0.336 e. The van der Waals surface area contributed by atoms with Crippen molar-refractivity contribution in [3.05, 3.63) is 99.6 Å². The van der Waals surface area contributed by atoms with Crippen molar-refractivity contribution >= 4 is 16.8 Å². The highest BCUT2D eigenvalue weighted by Gasteiger charge is 2.25. The van der Waals surface area contributed by atoms with E-state index in [4.69, 9.17) is 0 Å². The van der Waals surface area contributed by atoms with Crippen LogP contribution in [-0.2, 0) is 13.6 Å². The van der Waals surface area contributed by atoms with Gasteiger partial charge in [-0.3, -0.25) is 14.6 Å². The second-order valence-corrected chi connectivity index (χ2v) is 7.71. The Bertz CT molecular complexity index is 1370. The molecule has 0 aliphatic carbocycles. The molecule has 7 heteroatoms. The SMILES string of the molecule is Cc1ccc(-c2c(C(=O)N(C)Cc3c(F)cccc3F)n(C)c(=O)c3ncccc23)cc1. The lowest BCUT2D eigenvalue weighted by Crippen LogP contribution is -2.34. The second kappa shape index (κ2) is 8.34. The van der Waals surface area contributed by atoms with Gasteiger partial charge in [0, 0.05) is 36.8 Å². The molecular formula is C25H21F2N3O2. The number of aromatic nitrogens is 2. The normalized spacial score (nSPS) is 11.0. The molecule has 2 aromatic heterocycles. The Balaban J connectivity index is 1.92. The van der Waals surface area contributed by atoms with Crippen molar-refractivity contribution in [3.63, 3.8) is 0 Å². The number of aryl methyl sites for hydroxylation is 1. The van der Waals surface area contributed by atoms with Crippen LogP contribution in [0.4, 0.5) is 8.78 Å². The van der Waals surface area contributed by atoms with Crippen LogP contribution >= 0.6 is 0 Å². The van der Waals surface area contributed by atoms with Crippen LogP contribution in [0.15, 0.2) is 65.6 Å². The minimum absolute atomic E-state index is 0.124. The number of amides is 1. The largest absolute Gasteiger partial charge is 0.336 e. The molecule has 0 radical (unpaired) electrons. The van der Waals surface area contributed by atoms with Crippen molar-refractivity contribution in [3.8, 4) is 11.1 Å². The van der Waals surface area contributed by atoms with Gasteiger partial charge in [0.2, 0.25) is 0 Å². The van der Waals surface area contributed by atoms with E-state index < -0.39 is 23.1 Å². The Morgan fingerprint density at radius 1 is 1.03 bits per heavy atom. The van der Waals surface area contributed by atoms with Gasteiger partial charge in [-0.15, -0.1) is 0 Å². The average molecular weight is 433 g/mol. The third-order valence-electron chi connectivity index (χ3n) is 5.50. The lowest BCUT2D eigenvalue weighted by molar-refractivity contribution is 0.0772. The quantitative estimate of drug-likeness (QED) is 0.478. The monoisotopic (exact) mass is 433 g/mol. The number of hydrogen-bond acceptors (Lipinski definition) is 3. The van der Waals surface area contributed by atoms with Crippen molar-refractivity contribution in [1.82, 2.24) is 14.5 Å². The third-order valence-corrected chi connectivity index (χ3v) is 5.50. The van der Waals surface area contributed by atoms with Crippen LogP contribution < -0.4 is 5.56 Å². The van der Waals surface area contributed by atoms with E-state index >= 15 is 0 Å². The number of carbonyl (C=O) groups is 1. The van der Waals surface area contributed by atoms with Gasteiger partial charge in [-0.2, -0.15) is 0 Å². The zero-order valence-corrected chi connectivity index (χ0v) is 17.9. The summed E-state index contributed by atoms with van der Waals surface area (Å²) in [5, 5.41) is 0.535. The molecule has 1 amide bonds. The summed E-state index contributed by atoms with van der Waals surface area (Å²) in [5.74, 6) is -2.01. The third kappa shape index (κ3) is 3.66. The summed E-state index contributed by atoms with van der Waals surface area (Å²) in [5.41, 5.74) is 2.04. The first-order valence-electron chi connectivity index (χ1n) is 10.0. The molecule has 162 valence electrons. The van der Waals surface area contributed by atoms with Crippen LogP contribution in [0.1, 0.15) is 21.6 Å². The van der Waals surface area contributed by atoms with Gasteiger partial charge < -0.3 is 9.47 Å². The number of nitrogens with zero attached hydrogens (tertiary/aromatic N) is 3. The number of fused-ring (bicyclic) bond motifs is 1. The van der Waals surface area contributed by atoms with Gasteiger partial charge in [0.05, 0.1) is 6.54 Å². The molecule has 0 unspecified atom stereocenters. The van der Waals surface area contributed by atoms with Gasteiger partial charge in [-0.25, -0.2) is 8.78 Å². The molecule has 2 aromatic carbocycles. The zero-order chi connectivity index (χ0) is 23.0. The Hall–Kier alpha value is -3.87. The summed E-state index contributed by atoms with van der Waals surface area (Å²) in [4.78, 5) is 32.0. The van der Waals surface area contributed by atoms with Gasteiger partial charge in [0.15, 0.2) is 0 Å². The summed E-state index contributed by atoms with van der Waals surface area (Å²) < 4.78 is 29.6. The van der Waals surface area contributed by atoms with E-state index in [0.29, 0.717) is 10.9 Å². The summed E-state index contributed by atoms with van der Waals surface area (Å²) >= 11 is 0. The number of carbonyl (C=O) groups excluding carboxylic acids is 1. The van der Waals surface area contributed by atoms with E-state index in [1.807, 2.05) is 31.2 Å². The Labute approximate surface area is 183 Å². The highest BCUT2D eigenvalue weighted by atomic mass is 19.1. The van der Waals surface area contributed by atoms with E-state index in [1.54, 1.807) is 12.1 Å². The molecule has 4 rings (SSSR count). The van der Waals surface area contributed by atoms with Gasteiger partial charge in [0.25, 0.3) is 11.5 Å². The lowest BCUT2D eigenvalue weighted by atomic mass is 9.97. The predicted molar refractivity (Wildman–Crippen MR) is 119 cm³/mol. The van der Waals surface area contributed by atoms with Gasteiger partial charge in [-0.1, -0.05) is 42.0 Å². The highest BCUT2D eigenvalue weighted by Crippen LogP contribution is 2.31. The first-order valence-corrected chi connectivity index (χ1v) is 10.0. The fourth-order valence-electron chi connectivity index (χ4n) is 3.77. The molecule has 0 aliphatic rings. The Morgan fingerprint density at radius 2 is 1.69 bits per heavy atom. The number of rotatable bonds is 4. The molecule has 0 fully saturated rings. The molecule has 0 aliphatic heterocycles. The van der Waals surface area contributed by atoms with Crippen molar-refractivity contribution in [2.24, 2.45) is 7.05 Å². The van der Waals surface area contributed by atoms with Crippen molar-refractivity contribution in [2.75, 3.05) is 7.05 Å². The summed E-state index contributed by atoms with van der Waals surface area (Å²) in [7, 11) is 2.95. The number of benzene rings is 2. The molecule has 5 nitrogen and oxygen atoms in total. The smallest absolute Gasteiger partial charge is 0.277 e. The molecule has 32 heavy (non-hydrogen) atoms. The van der Waals surface area contributed by atoms with Crippen LogP contribution in [0.3, 0.4) is 0 Å². The summed E-state index contributed by atoms with van der Waals surface area (Å²) in [6, 6.07) is 14.6. The molecule has 0 atom stereocenters. The molecule has 2 heterocycles. The van der Waals surface area contributed by atoms with Crippen LogP contribution in [0.5, 0.6) is 0 Å². The lowest BCUT2D eigenvalue weighted by Gasteiger charge is -2.22. The van der Waals surface area contributed by atoms with Crippen LogP contribution in [0.25, 0.3) is 22.0 Å². The number of pyridine rings is 2. The first-order chi connectivity index (χ1) is 15.3. The van der Waals surface area contributed by atoms with Crippen molar-refractivity contribution in [1.29, 1.82) is 0 Å². The van der Waals surface area contributed by atoms with E-state index in [-0.39, 0.29) is 23.3 Å². The van der Waals surface area contributed by atoms with Gasteiger partial charge >= 0.3 is 0 Å². The highest BCUT2D eigenvalue weighted by molar-refractivity contribution is 6.07. The van der Waals surface area contributed by atoms with Crippen LogP contribution in [-0.4, -0.2) is 27.4 Å². The van der Waals surface area contributed by atoms with Crippen molar-refractivity contribution in [2.45, 2.75) is 13.5 Å². The summed E-state index contributed by atoms with van der Waals surface area (Å²) in [6.07, 6.45) is 1.53. The second-order valence-electron chi connectivity index (χ2n) is 7.71. The molecule has 0 spiro atoms. The van der Waals surface area contributed by atoms with E-state index in [9.17, 15) is 18.4 Å². The minimum atomic E-state index is -0.736. The standard InChI is InChI=1S/C25H21F2N3O2/c1-15-9-11-16(12-10-15)21-17-6-5-13-28-22(17)24(31)30(3)23(21)25(32)29(2)14-18-19(26)7-4-8-20(18)27/h4-13H,14H2,1-3H3. The first kappa shape index (κ1) is 21.4. The Morgan fingerprint density at radius 3 is 2.34 bits per heavy atom. The van der Waals surface area contributed by atoms with E-state index in [2.05, 4.69) is 4.98 Å².